The molecule has 0 radical (unpaired) electrons. The van der Waals surface area contributed by atoms with Crippen LogP contribution in [-0.2, 0) is 0 Å². The molecule has 1 heterocycles. The Morgan fingerprint density at radius 2 is 1.89 bits per heavy atom. The summed E-state index contributed by atoms with van der Waals surface area (Å²) in [6, 6.07) is 15.9. The number of aromatic amines is 1. The van der Waals surface area contributed by atoms with Crippen molar-refractivity contribution < 1.29 is 4.74 Å². The van der Waals surface area contributed by atoms with E-state index in [1.165, 1.54) is 0 Å². The highest BCUT2D eigenvalue weighted by molar-refractivity contribution is 7.71. The van der Waals surface area contributed by atoms with Gasteiger partial charge in [0.2, 0.25) is 0 Å². The molecule has 2 aromatic carbocycles. The molecule has 0 spiro atoms. The number of hydrogen-bond acceptors (Lipinski definition) is 2. The molecule has 1 N–H and O–H groups in total. The second-order valence-corrected chi connectivity index (χ2v) is 4.37. The highest BCUT2D eigenvalue weighted by Gasteiger charge is 2.07. The third-order valence-corrected chi connectivity index (χ3v) is 3.19. The van der Waals surface area contributed by atoms with Crippen LogP contribution in [0.1, 0.15) is 0 Å². The van der Waals surface area contributed by atoms with Gasteiger partial charge < -0.3 is 9.72 Å². The van der Waals surface area contributed by atoms with Gasteiger partial charge in [-0.25, -0.2) is 0 Å². The van der Waals surface area contributed by atoms with E-state index in [0.29, 0.717) is 4.77 Å². The van der Waals surface area contributed by atoms with E-state index in [-0.39, 0.29) is 0 Å². The maximum Gasteiger partial charge on any atom is 0.182 e. The molecule has 18 heavy (non-hydrogen) atoms. The van der Waals surface area contributed by atoms with Crippen molar-refractivity contribution in [2.45, 2.75) is 0 Å². The summed E-state index contributed by atoms with van der Waals surface area (Å²) in [5.41, 5.74) is 3.07. The highest BCUT2D eigenvalue weighted by atomic mass is 32.1. The van der Waals surface area contributed by atoms with Crippen LogP contribution in [0, 0.1) is 4.77 Å². The van der Waals surface area contributed by atoms with Crippen molar-refractivity contribution in [2.75, 3.05) is 7.11 Å². The summed E-state index contributed by atoms with van der Waals surface area (Å²) in [6.45, 7) is 0. The molecule has 0 unspecified atom stereocenters. The first kappa shape index (κ1) is 11.0. The van der Waals surface area contributed by atoms with E-state index in [0.717, 1.165) is 22.5 Å². The van der Waals surface area contributed by atoms with E-state index in [9.17, 15) is 0 Å². The molecule has 0 atom stereocenters. The lowest BCUT2D eigenvalue weighted by molar-refractivity contribution is 0.415. The number of methoxy groups -OCH3 is 1. The van der Waals surface area contributed by atoms with Crippen molar-refractivity contribution in [3.63, 3.8) is 0 Å². The zero-order chi connectivity index (χ0) is 12.5. The van der Waals surface area contributed by atoms with Crippen LogP contribution < -0.4 is 4.74 Å². The van der Waals surface area contributed by atoms with Crippen LogP contribution >= 0.6 is 12.2 Å². The van der Waals surface area contributed by atoms with Gasteiger partial charge in [-0.2, -0.15) is 0 Å². The summed E-state index contributed by atoms with van der Waals surface area (Å²) >= 11 is 5.38. The minimum Gasteiger partial charge on any atom is -0.497 e. The molecule has 0 aliphatic carbocycles. The number of ether oxygens (including phenoxy) is 1. The smallest absolute Gasteiger partial charge is 0.182 e. The van der Waals surface area contributed by atoms with Crippen LogP contribution in [0.4, 0.5) is 0 Å². The van der Waals surface area contributed by atoms with Crippen LogP contribution in [0.5, 0.6) is 5.75 Å². The Morgan fingerprint density at radius 1 is 1.11 bits per heavy atom. The number of nitrogens with zero attached hydrogens (tertiary/aromatic N) is 1. The normalized spacial score (nSPS) is 10.7. The van der Waals surface area contributed by atoms with Gasteiger partial charge in [-0.15, -0.1) is 0 Å². The molecule has 4 heteroatoms. The minimum absolute atomic E-state index is 0.685. The largest absolute Gasteiger partial charge is 0.497 e. The fourth-order valence-corrected chi connectivity index (χ4v) is 2.36. The van der Waals surface area contributed by atoms with E-state index in [2.05, 4.69) is 4.98 Å². The third-order valence-electron chi connectivity index (χ3n) is 2.90. The fourth-order valence-electron chi connectivity index (χ4n) is 2.04. The summed E-state index contributed by atoms with van der Waals surface area (Å²) < 4.78 is 7.95. The highest BCUT2D eigenvalue weighted by Crippen LogP contribution is 2.23. The van der Waals surface area contributed by atoms with Crippen LogP contribution in [0.2, 0.25) is 0 Å². The van der Waals surface area contributed by atoms with E-state index in [1.54, 1.807) is 7.11 Å². The van der Waals surface area contributed by atoms with Gasteiger partial charge in [-0.3, -0.25) is 4.57 Å². The minimum atomic E-state index is 0.685. The molecule has 3 rings (SSSR count). The van der Waals surface area contributed by atoms with Crippen molar-refractivity contribution >= 4 is 23.3 Å². The van der Waals surface area contributed by atoms with Gasteiger partial charge in [-0.05, 0) is 36.5 Å². The molecule has 0 aliphatic rings. The Hall–Kier alpha value is -2.07. The predicted molar refractivity (Wildman–Crippen MR) is 75.0 cm³/mol. The van der Waals surface area contributed by atoms with E-state index >= 15 is 0 Å². The Labute approximate surface area is 110 Å². The van der Waals surface area contributed by atoms with E-state index < -0.39 is 0 Å². The lowest BCUT2D eigenvalue weighted by atomic mass is 10.2. The maximum absolute atomic E-state index is 5.38. The van der Waals surface area contributed by atoms with Gasteiger partial charge in [0.25, 0.3) is 0 Å². The Balaban J connectivity index is 2.34. The lowest BCUT2D eigenvalue weighted by Gasteiger charge is -2.05. The molecule has 0 bridgehead atoms. The number of benzene rings is 2. The number of nitrogens with one attached hydrogen (secondary N) is 1. The van der Waals surface area contributed by atoms with Gasteiger partial charge in [0.15, 0.2) is 4.77 Å². The average molecular weight is 256 g/mol. The van der Waals surface area contributed by atoms with Gasteiger partial charge in [0.1, 0.15) is 5.75 Å². The molecule has 90 valence electrons. The van der Waals surface area contributed by atoms with Crippen molar-refractivity contribution in [3.8, 4) is 11.4 Å². The number of rotatable bonds is 2. The molecule has 3 aromatic rings. The van der Waals surface area contributed by atoms with Crippen molar-refractivity contribution in [3.05, 3.63) is 53.3 Å². The van der Waals surface area contributed by atoms with Gasteiger partial charge in [0.05, 0.1) is 18.1 Å². The molecular formula is C14H12N2OS. The summed E-state index contributed by atoms with van der Waals surface area (Å²) in [7, 11) is 1.66. The Kier molecular flexibility index (Phi) is 2.64. The lowest BCUT2D eigenvalue weighted by Crippen LogP contribution is -1.93. The Morgan fingerprint density at radius 3 is 2.61 bits per heavy atom. The summed E-state index contributed by atoms with van der Waals surface area (Å²) in [5.74, 6) is 0.821. The monoisotopic (exact) mass is 256 g/mol. The second-order valence-electron chi connectivity index (χ2n) is 3.98. The van der Waals surface area contributed by atoms with Crippen molar-refractivity contribution in [1.29, 1.82) is 0 Å². The van der Waals surface area contributed by atoms with E-state index in [1.807, 2.05) is 53.1 Å². The molecule has 0 aliphatic heterocycles. The number of imidazole rings is 1. The molecule has 1 aromatic heterocycles. The number of hydrogen-bond donors (Lipinski definition) is 1. The molecule has 0 amide bonds. The van der Waals surface area contributed by atoms with E-state index in [4.69, 9.17) is 17.0 Å². The Bertz CT molecular complexity index is 743. The number of aromatic nitrogens is 2. The van der Waals surface area contributed by atoms with Crippen molar-refractivity contribution in [2.24, 2.45) is 0 Å². The first-order valence-electron chi connectivity index (χ1n) is 5.64. The number of para-hydroxylation sites is 1. The molecular weight excluding hydrogens is 244 g/mol. The third kappa shape index (κ3) is 1.71. The van der Waals surface area contributed by atoms with Crippen molar-refractivity contribution in [1.82, 2.24) is 9.55 Å². The number of fused-ring (bicyclic) bond motifs is 1. The van der Waals surface area contributed by atoms with Crippen LogP contribution in [0.15, 0.2) is 48.5 Å². The first-order valence-corrected chi connectivity index (χ1v) is 6.04. The first-order chi connectivity index (χ1) is 8.79. The van der Waals surface area contributed by atoms with Crippen LogP contribution in [-0.4, -0.2) is 16.7 Å². The average Bonchev–Trinajstić information content (AvgIpc) is 2.74. The van der Waals surface area contributed by atoms with Gasteiger partial charge in [-0.1, -0.05) is 18.2 Å². The maximum atomic E-state index is 5.38. The SMILES string of the molecule is COc1ccc2[nH]c(=S)n(-c3ccccc3)c2c1. The van der Waals surface area contributed by atoms with Crippen LogP contribution in [0.25, 0.3) is 16.7 Å². The topological polar surface area (TPSA) is 29.9 Å². The number of H-pyrrole nitrogens is 1. The summed E-state index contributed by atoms with van der Waals surface area (Å²) in [6.07, 6.45) is 0. The molecule has 0 saturated heterocycles. The summed E-state index contributed by atoms with van der Waals surface area (Å²) in [4.78, 5) is 3.20. The summed E-state index contributed by atoms with van der Waals surface area (Å²) in [5, 5.41) is 0. The molecule has 3 nitrogen and oxygen atoms in total. The second kappa shape index (κ2) is 4.31. The molecule has 0 saturated carbocycles. The standard InChI is InChI=1S/C14H12N2OS/c1-17-11-7-8-12-13(9-11)16(14(18)15-12)10-5-3-2-4-6-10/h2-9H,1H3,(H,15,18). The quantitative estimate of drug-likeness (QED) is 0.709. The zero-order valence-corrected chi connectivity index (χ0v) is 10.7. The predicted octanol–water partition coefficient (Wildman–Crippen LogP) is 3.70. The van der Waals surface area contributed by atoms with Gasteiger partial charge in [0, 0.05) is 11.8 Å². The zero-order valence-electron chi connectivity index (χ0n) is 9.88. The fraction of sp³-hybridized carbons (Fsp3) is 0.0714. The molecule has 0 fully saturated rings. The van der Waals surface area contributed by atoms with Crippen LogP contribution in [0.3, 0.4) is 0 Å². The van der Waals surface area contributed by atoms with Gasteiger partial charge >= 0.3 is 0 Å².